The molecule has 4 nitrogen and oxygen atoms in total. The first-order chi connectivity index (χ1) is 10.8. The molecule has 0 aliphatic rings. The maximum atomic E-state index is 9.53. The van der Waals surface area contributed by atoms with Crippen LogP contribution in [0.25, 0.3) is 0 Å². The number of halogens is 1. The van der Waals surface area contributed by atoms with Crippen LogP contribution in [0.2, 0.25) is 0 Å². The molecule has 27 heavy (non-hydrogen) atoms. The van der Waals surface area contributed by atoms with Gasteiger partial charge in [0.25, 0.3) is 0 Å². The summed E-state index contributed by atoms with van der Waals surface area (Å²) in [5.74, 6) is 2.38. The Morgan fingerprint density at radius 3 is 1.04 bits per heavy atom. The van der Waals surface area contributed by atoms with Crippen LogP contribution >= 0.6 is 0 Å². The van der Waals surface area contributed by atoms with Crippen LogP contribution in [0, 0.1) is 12.3 Å². The molecule has 2 radical (unpaired) electrons. The molecule has 0 aliphatic carbocycles. The molecule has 0 aromatic carbocycles. The van der Waals surface area contributed by atoms with E-state index in [1.165, 1.54) is 19.3 Å². The maximum absolute atomic E-state index is 9.53. The van der Waals surface area contributed by atoms with E-state index in [1.54, 1.807) is 55.4 Å². The monoisotopic (exact) mass is 568 g/mol. The third-order valence-electron chi connectivity index (χ3n) is 1.16. The molecule has 0 heterocycles. The van der Waals surface area contributed by atoms with Gasteiger partial charge in [0.2, 0.25) is 0 Å². The first-order valence-corrected chi connectivity index (χ1v) is 8.87. The van der Waals surface area contributed by atoms with Crippen LogP contribution in [0.5, 0.6) is 0 Å². The molecule has 0 aliphatic heterocycles. The van der Waals surface area contributed by atoms with Gasteiger partial charge in [-0.3, -0.25) is 0 Å². The molecule has 0 atom stereocenters. The van der Waals surface area contributed by atoms with E-state index in [1.807, 2.05) is 0 Å². The number of unbranched alkanes of at least 4 members (excludes halogenated alkanes) is 4. The topological polar surface area (TPSA) is 92.2 Å². The third kappa shape index (κ3) is 419. The van der Waals surface area contributed by atoms with Gasteiger partial charge in [0.15, 0.2) is 0 Å². The minimum Gasteiger partial charge on any atom is -1.00 e. The molecular formula is C20H41IO4Ti2. The Balaban J connectivity index is -0.0000000282. The summed E-state index contributed by atoms with van der Waals surface area (Å²) in [6.07, 6.45) is 10.8. The Kier molecular flexibility index (Phi) is 96.6. The van der Waals surface area contributed by atoms with Crippen LogP contribution in [0.1, 0.15) is 94.4 Å². The van der Waals surface area contributed by atoms with E-state index in [0.717, 1.165) is 12.8 Å². The summed E-state index contributed by atoms with van der Waals surface area (Å²) in [5.41, 5.74) is 0. The number of rotatable bonds is 4. The summed E-state index contributed by atoms with van der Waals surface area (Å²) in [6.45, 7) is 15.1. The van der Waals surface area contributed by atoms with E-state index < -0.39 is 24.4 Å². The van der Waals surface area contributed by atoms with E-state index in [-0.39, 0.29) is 67.4 Å². The summed E-state index contributed by atoms with van der Waals surface area (Å²) >= 11 is 0. The molecule has 0 bridgehead atoms. The Bertz CT molecular complexity index is 187. The fourth-order valence-electron chi connectivity index (χ4n) is 0.640. The fraction of sp³-hybridized carbons (Fsp3) is 0.900. The average Bonchev–Trinajstić information content (AvgIpc) is 2.32. The van der Waals surface area contributed by atoms with Crippen molar-refractivity contribution >= 4 is 0 Å². The summed E-state index contributed by atoms with van der Waals surface area (Å²) in [7, 11) is 0. The Morgan fingerprint density at radius 2 is 0.889 bits per heavy atom. The van der Waals surface area contributed by atoms with Gasteiger partial charge in [-0.25, -0.2) is 0 Å². The molecule has 0 aromatic heterocycles. The first-order valence-electron chi connectivity index (χ1n) is 8.87. The predicted octanol–water partition coefficient (Wildman–Crippen LogP) is -1.43. The van der Waals surface area contributed by atoms with Crippen LogP contribution in [0.3, 0.4) is 0 Å². The maximum Gasteiger partial charge on any atom is 3.00 e. The molecule has 160 valence electrons. The predicted molar refractivity (Wildman–Crippen MR) is 96.4 cm³/mol. The number of hydrogen-bond acceptors (Lipinski definition) is 4. The van der Waals surface area contributed by atoms with Gasteiger partial charge in [0, 0.05) is 6.42 Å². The van der Waals surface area contributed by atoms with Gasteiger partial charge in [0.1, 0.15) is 0 Å². The van der Waals surface area contributed by atoms with Crippen LogP contribution in [0.15, 0.2) is 0 Å². The van der Waals surface area contributed by atoms with Gasteiger partial charge >= 0.3 is 43.4 Å². The van der Waals surface area contributed by atoms with Crippen molar-refractivity contribution in [2.45, 2.75) is 119 Å². The van der Waals surface area contributed by atoms with Crippen molar-refractivity contribution in [3.05, 3.63) is 6.42 Å². The zero-order chi connectivity index (χ0) is 20.6. The zero-order valence-electron chi connectivity index (χ0n) is 18.9. The van der Waals surface area contributed by atoms with Gasteiger partial charge in [-0.1, -0.05) is 87.5 Å². The summed E-state index contributed by atoms with van der Waals surface area (Å²) < 4.78 is 0. The van der Waals surface area contributed by atoms with Crippen molar-refractivity contribution in [2.24, 2.45) is 0 Å². The summed E-state index contributed by atoms with van der Waals surface area (Å²) in [5, 5.41) is 38.1. The van der Waals surface area contributed by atoms with E-state index in [9.17, 15) is 20.4 Å². The fourth-order valence-corrected chi connectivity index (χ4v) is 0.640. The molecule has 0 fully saturated rings. The van der Waals surface area contributed by atoms with Crippen LogP contribution in [0.4, 0.5) is 0 Å². The molecule has 0 saturated carbocycles. The largest absolute Gasteiger partial charge is 3.00 e. The smallest absolute Gasteiger partial charge is 1.00 e. The van der Waals surface area contributed by atoms with E-state index >= 15 is 0 Å². The van der Waals surface area contributed by atoms with Gasteiger partial charge < -0.3 is 44.4 Å². The summed E-state index contributed by atoms with van der Waals surface area (Å²) in [6, 6.07) is 0. The molecule has 0 amide bonds. The quantitative estimate of drug-likeness (QED) is 0.180. The van der Waals surface area contributed by atoms with E-state index in [0.29, 0.717) is 0 Å². The van der Waals surface area contributed by atoms with Crippen molar-refractivity contribution in [3.63, 3.8) is 0 Å². The van der Waals surface area contributed by atoms with Gasteiger partial charge in [0.05, 0.1) is 0 Å². The van der Waals surface area contributed by atoms with Crippen LogP contribution in [-0.2, 0) is 43.4 Å². The number of hydrogen-bond donors (Lipinski definition) is 0. The van der Waals surface area contributed by atoms with Crippen LogP contribution < -0.4 is 44.4 Å². The zero-order valence-corrected chi connectivity index (χ0v) is 24.1. The first kappa shape index (κ1) is 51.3. The van der Waals surface area contributed by atoms with Gasteiger partial charge in [-0.15, -0.1) is 24.4 Å². The van der Waals surface area contributed by atoms with Crippen LogP contribution in [-0.4, -0.2) is 24.4 Å². The third-order valence-corrected chi connectivity index (χ3v) is 1.16. The molecule has 0 rings (SSSR count). The Hall–Kier alpha value is 1.56. The van der Waals surface area contributed by atoms with E-state index in [2.05, 4.69) is 12.8 Å². The molecule has 0 saturated heterocycles. The van der Waals surface area contributed by atoms with Crippen molar-refractivity contribution in [2.75, 3.05) is 0 Å². The second kappa shape index (κ2) is 50.8. The van der Waals surface area contributed by atoms with Crippen molar-refractivity contribution in [1.29, 1.82) is 0 Å². The molecular weight excluding hydrogens is 527 g/mol. The SMILES string of the molecule is CC(C)[O-].CC(C)[O-].CC(C)[O-].CC(C)[O-].[C]#CCCCCCC.[I-].[Ti+2].[Ti+3]. The van der Waals surface area contributed by atoms with Crippen molar-refractivity contribution in [1.82, 2.24) is 0 Å². The average molecular weight is 568 g/mol. The standard InChI is InChI=1S/C8H13.4C3H7O.HI.2Ti/c1-3-5-7-8-6-4-2;4*1-3(2)4;;;/h3,5-8H2,1H3;4*3H,1-2H3;1H;;/q;4*-1;;+2;+3/p-1. The Labute approximate surface area is 217 Å². The molecule has 0 N–H and O–H groups in total. The Morgan fingerprint density at radius 1 is 0.667 bits per heavy atom. The second-order valence-corrected chi connectivity index (χ2v) is 6.18. The van der Waals surface area contributed by atoms with Crippen molar-refractivity contribution in [3.8, 4) is 5.92 Å². The minimum absolute atomic E-state index is 0. The molecule has 7 heteroatoms. The van der Waals surface area contributed by atoms with E-state index in [4.69, 9.17) is 6.42 Å². The van der Waals surface area contributed by atoms with Crippen molar-refractivity contribution < 1.29 is 87.8 Å². The molecule has 0 aromatic rings. The van der Waals surface area contributed by atoms with Gasteiger partial charge in [-0.2, -0.15) is 0 Å². The normalized spacial score (nSPS) is 7.85. The van der Waals surface area contributed by atoms with Gasteiger partial charge in [-0.05, 0) is 12.8 Å². The molecule has 0 spiro atoms. The summed E-state index contributed by atoms with van der Waals surface area (Å²) in [4.78, 5) is 0. The molecule has 0 unspecified atom stereocenters. The second-order valence-electron chi connectivity index (χ2n) is 6.18. The minimum atomic E-state index is -0.417.